The average molecular weight is 212 g/mol. The third kappa shape index (κ3) is 1.31. The maximum absolute atomic E-state index is 4.23. The molecule has 0 saturated carbocycles. The Bertz CT molecular complexity index is 623. The predicted molar refractivity (Wildman–Crippen MR) is 66.8 cm³/mol. The van der Waals surface area contributed by atoms with Gasteiger partial charge in [-0.25, -0.2) is 9.97 Å². The highest BCUT2D eigenvalue weighted by Crippen LogP contribution is 2.24. The molecule has 1 heterocycles. The highest BCUT2D eigenvalue weighted by atomic mass is 14.9. The van der Waals surface area contributed by atoms with Gasteiger partial charge in [-0.1, -0.05) is 6.58 Å². The molecule has 0 amide bonds. The number of nitrogens with zero attached hydrogens (tertiary/aromatic N) is 4. The number of aliphatic imine (C=N–C) groups is 2. The number of fused-ring (bicyclic) bond motifs is 1. The first-order chi connectivity index (χ1) is 7.70. The van der Waals surface area contributed by atoms with E-state index in [1.165, 1.54) is 6.33 Å². The Morgan fingerprint density at radius 1 is 1.38 bits per heavy atom. The monoisotopic (exact) mass is 212 g/mol. The summed E-state index contributed by atoms with van der Waals surface area (Å²) in [5, 5.41) is 1.66. The van der Waals surface area contributed by atoms with Crippen molar-refractivity contribution < 1.29 is 0 Å². The van der Waals surface area contributed by atoms with Crippen LogP contribution in [-0.2, 0) is 0 Å². The highest BCUT2D eigenvalue weighted by molar-refractivity contribution is 6.07. The Morgan fingerprint density at radius 3 is 2.75 bits per heavy atom. The van der Waals surface area contributed by atoms with Crippen LogP contribution in [0.2, 0.25) is 0 Å². The molecule has 0 bridgehead atoms. The Labute approximate surface area is 93.5 Å². The lowest BCUT2D eigenvalue weighted by Gasteiger charge is -1.97. The quantitative estimate of drug-likeness (QED) is 0.657. The predicted octanol–water partition coefficient (Wildman–Crippen LogP) is 0.183. The van der Waals surface area contributed by atoms with Crippen molar-refractivity contribution in [3.05, 3.63) is 28.2 Å². The van der Waals surface area contributed by atoms with E-state index in [1.54, 1.807) is 13.3 Å². The summed E-state index contributed by atoms with van der Waals surface area (Å²) in [7, 11) is 1.72. The van der Waals surface area contributed by atoms with E-state index in [-0.39, 0.29) is 0 Å². The van der Waals surface area contributed by atoms with Gasteiger partial charge in [0.25, 0.3) is 0 Å². The highest BCUT2D eigenvalue weighted by Gasteiger charge is 2.20. The molecule has 4 heteroatoms. The fourth-order valence-electron chi connectivity index (χ4n) is 1.88. The normalized spacial score (nSPS) is 14.8. The maximum atomic E-state index is 4.23. The maximum Gasteiger partial charge on any atom is 0.116 e. The van der Waals surface area contributed by atoms with Crippen molar-refractivity contribution in [2.24, 2.45) is 9.98 Å². The van der Waals surface area contributed by atoms with Gasteiger partial charge in [0.1, 0.15) is 12.0 Å². The van der Waals surface area contributed by atoms with E-state index in [0.717, 1.165) is 27.8 Å². The minimum Gasteiger partial charge on any atom is -0.296 e. The van der Waals surface area contributed by atoms with Gasteiger partial charge in [0.15, 0.2) is 0 Å². The summed E-state index contributed by atoms with van der Waals surface area (Å²) >= 11 is 0. The molecule has 0 saturated heterocycles. The van der Waals surface area contributed by atoms with Crippen molar-refractivity contribution in [3.63, 3.8) is 0 Å². The number of allylic oxidation sites excluding steroid dienone is 1. The molecule has 80 valence electrons. The van der Waals surface area contributed by atoms with Crippen molar-refractivity contribution in [3.8, 4) is 0 Å². The third-order valence-electron chi connectivity index (χ3n) is 2.60. The zero-order chi connectivity index (χ0) is 11.7. The summed E-state index contributed by atoms with van der Waals surface area (Å²) in [5.74, 6) is 0. The lowest BCUT2D eigenvalue weighted by atomic mass is 10.1. The molecule has 1 aliphatic carbocycles. The number of rotatable bonds is 2. The molecule has 1 aliphatic rings. The SMILES string of the molecule is C=NC1=C(/C=N\C)C(C)=c2c1ncnc2=C. The van der Waals surface area contributed by atoms with E-state index >= 15 is 0 Å². The molecule has 16 heavy (non-hydrogen) atoms. The molecule has 0 fully saturated rings. The average Bonchev–Trinajstić information content (AvgIpc) is 2.54. The summed E-state index contributed by atoms with van der Waals surface area (Å²) in [6.45, 7) is 9.47. The smallest absolute Gasteiger partial charge is 0.116 e. The van der Waals surface area contributed by atoms with Gasteiger partial charge in [0, 0.05) is 24.1 Å². The lowest BCUT2D eigenvalue weighted by Crippen LogP contribution is -2.30. The van der Waals surface area contributed by atoms with Gasteiger partial charge in [-0.2, -0.15) is 0 Å². The van der Waals surface area contributed by atoms with Crippen LogP contribution in [-0.4, -0.2) is 29.9 Å². The molecular formula is C12H12N4. The van der Waals surface area contributed by atoms with Crippen LogP contribution < -0.4 is 10.6 Å². The van der Waals surface area contributed by atoms with Gasteiger partial charge in [-0.05, 0) is 19.2 Å². The van der Waals surface area contributed by atoms with Crippen LogP contribution in [0, 0.1) is 0 Å². The van der Waals surface area contributed by atoms with Gasteiger partial charge in [-0.3, -0.25) is 9.98 Å². The van der Waals surface area contributed by atoms with Gasteiger partial charge in [0.05, 0.1) is 11.0 Å². The summed E-state index contributed by atoms with van der Waals surface area (Å²) < 4.78 is 0. The van der Waals surface area contributed by atoms with Gasteiger partial charge < -0.3 is 0 Å². The first kappa shape index (κ1) is 10.4. The second kappa shape index (κ2) is 3.81. The Kier molecular flexibility index (Phi) is 2.48. The molecule has 2 rings (SSSR count). The molecule has 1 aromatic rings. The first-order valence-electron chi connectivity index (χ1n) is 4.85. The molecule has 0 atom stereocenters. The molecule has 0 radical (unpaired) electrons. The van der Waals surface area contributed by atoms with E-state index in [4.69, 9.17) is 0 Å². The summed E-state index contributed by atoms with van der Waals surface area (Å²) in [4.78, 5) is 16.4. The fraction of sp³-hybridized carbons (Fsp3) is 0.167. The summed E-state index contributed by atoms with van der Waals surface area (Å²) in [6.07, 6.45) is 3.26. The number of aromatic nitrogens is 2. The van der Waals surface area contributed by atoms with Gasteiger partial charge in [0.2, 0.25) is 0 Å². The van der Waals surface area contributed by atoms with Crippen LogP contribution in [0.3, 0.4) is 0 Å². The number of hydrogen-bond donors (Lipinski definition) is 0. The first-order valence-corrected chi connectivity index (χ1v) is 4.85. The Balaban J connectivity index is 2.89. The zero-order valence-corrected chi connectivity index (χ0v) is 9.36. The minimum absolute atomic E-state index is 0.711. The number of hydrogen-bond acceptors (Lipinski definition) is 4. The standard InChI is InChI=1S/C12H12N4/c1-7-9(5-13-3)11(14-4)12-10(7)8(2)15-6-16-12/h5-6H,2,4H2,1,3H3/b13-5-. The molecule has 0 aromatic carbocycles. The van der Waals surface area contributed by atoms with Crippen LogP contribution in [0.25, 0.3) is 17.8 Å². The van der Waals surface area contributed by atoms with Crippen molar-refractivity contribution in [1.82, 2.24) is 9.97 Å². The second-order valence-corrected chi connectivity index (χ2v) is 3.48. The Morgan fingerprint density at radius 2 is 2.12 bits per heavy atom. The van der Waals surface area contributed by atoms with Gasteiger partial charge in [-0.15, -0.1) is 0 Å². The van der Waals surface area contributed by atoms with Crippen molar-refractivity contribution >= 4 is 30.8 Å². The summed E-state index contributed by atoms with van der Waals surface area (Å²) in [6, 6.07) is 0. The van der Waals surface area contributed by atoms with Crippen molar-refractivity contribution in [1.29, 1.82) is 0 Å². The second-order valence-electron chi connectivity index (χ2n) is 3.48. The molecular weight excluding hydrogens is 200 g/mol. The van der Waals surface area contributed by atoms with Gasteiger partial charge >= 0.3 is 0 Å². The van der Waals surface area contributed by atoms with E-state index in [0.29, 0.717) is 5.35 Å². The molecule has 0 spiro atoms. The van der Waals surface area contributed by atoms with Crippen LogP contribution in [0.4, 0.5) is 0 Å². The van der Waals surface area contributed by atoms with Crippen molar-refractivity contribution in [2.45, 2.75) is 6.92 Å². The molecule has 0 aliphatic heterocycles. The van der Waals surface area contributed by atoms with Crippen molar-refractivity contribution in [2.75, 3.05) is 7.05 Å². The van der Waals surface area contributed by atoms with Crippen LogP contribution in [0.15, 0.2) is 21.9 Å². The van der Waals surface area contributed by atoms with Crippen LogP contribution >= 0.6 is 0 Å². The van der Waals surface area contributed by atoms with Crippen LogP contribution in [0.1, 0.15) is 12.6 Å². The molecule has 4 nitrogen and oxygen atoms in total. The minimum atomic E-state index is 0.711. The largest absolute Gasteiger partial charge is 0.296 e. The third-order valence-corrected chi connectivity index (χ3v) is 2.60. The Hall–Kier alpha value is -2.10. The molecule has 0 unspecified atom stereocenters. The van der Waals surface area contributed by atoms with E-state index in [9.17, 15) is 0 Å². The van der Waals surface area contributed by atoms with E-state index in [1.807, 2.05) is 6.92 Å². The van der Waals surface area contributed by atoms with E-state index < -0.39 is 0 Å². The van der Waals surface area contributed by atoms with E-state index in [2.05, 4.69) is 33.2 Å². The topological polar surface area (TPSA) is 50.5 Å². The fourth-order valence-corrected chi connectivity index (χ4v) is 1.88. The molecule has 0 N–H and O–H groups in total. The summed E-state index contributed by atoms with van der Waals surface area (Å²) in [5.41, 5.74) is 3.54. The van der Waals surface area contributed by atoms with Crippen LogP contribution in [0.5, 0.6) is 0 Å². The molecule has 1 aromatic heterocycles. The lowest BCUT2D eigenvalue weighted by molar-refractivity contribution is 1.08. The zero-order valence-electron chi connectivity index (χ0n) is 9.36.